The van der Waals surface area contributed by atoms with Gasteiger partial charge >= 0.3 is 0 Å². The molecule has 0 spiro atoms. The Labute approximate surface area is 167 Å². The summed E-state index contributed by atoms with van der Waals surface area (Å²) in [4.78, 5) is 24.7. The van der Waals surface area contributed by atoms with E-state index >= 15 is 0 Å². The molecule has 1 atom stereocenters. The molecule has 2 aromatic heterocycles. The lowest BCUT2D eigenvalue weighted by Gasteiger charge is -2.14. The number of pyridine rings is 1. The Balaban J connectivity index is 1.73. The number of nitrogens with zero attached hydrogens (tertiary/aromatic N) is 3. The van der Waals surface area contributed by atoms with Gasteiger partial charge in [-0.1, -0.05) is 23.5 Å². The van der Waals surface area contributed by atoms with Gasteiger partial charge in [-0.05, 0) is 57.0 Å². The summed E-state index contributed by atoms with van der Waals surface area (Å²) in [5.74, 6) is 0.280. The number of benzene rings is 1. The van der Waals surface area contributed by atoms with E-state index in [-0.39, 0.29) is 17.2 Å². The number of aromatic nitrogens is 3. The second-order valence-corrected chi connectivity index (χ2v) is 7.62. The molecule has 0 aliphatic heterocycles. The van der Waals surface area contributed by atoms with Gasteiger partial charge in [0.25, 0.3) is 11.5 Å². The molecule has 1 N–H and O–H groups in total. The maximum atomic E-state index is 12.4. The lowest BCUT2D eigenvalue weighted by Crippen LogP contribution is -2.28. The second-order valence-electron chi connectivity index (χ2n) is 6.61. The van der Waals surface area contributed by atoms with Gasteiger partial charge < -0.3 is 9.30 Å². The van der Waals surface area contributed by atoms with Crippen molar-refractivity contribution < 1.29 is 9.53 Å². The van der Waals surface area contributed by atoms with Crippen LogP contribution in [0.3, 0.4) is 0 Å². The summed E-state index contributed by atoms with van der Waals surface area (Å²) in [7, 11) is 1.63. The third kappa shape index (κ3) is 3.96. The Hall–Kier alpha value is -3.00. The molecule has 0 unspecified atom stereocenters. The SMILES string of the molecule is Cc1cccc(O[C@H](C)c2nnc(NC(=O)c3ccc(C)n(C)c3=O)s2)c1C. The maximum Gasteiger partial charge on any atom is 0.263 e. The zero-order chi connectivity index (χ0) is 20.4. The molecule has 3 rings (SSSR count). The monoisotopic (exact) mass is 398 g/mol. The van der Waals surface area contributed by atoms with E-state index in [1.165, 1.54) is 22.0 Å². The van der Waals surface area contributed by atoms with Crippen LogP contribution in [-0.4, -0.2) is 20.7 Å². The summed E-state index contributed by atoms with van der Waals surface area (Å²) >= 11 is 1.22. The molecule has 28 heavy (non-hydrogen) atoms. The summed E-state index contributed by atoms with van der Waals surface area (Å²) < 4.78 is 7.44. The standard InChI is InChI=1S/C20H22N4O3S/c1-11-7-6-8-16(13(11)3)27-14(4)18-22-23-20(28-18)21-17(25)15-10-9-12(2)24(5)19(15)26/h6-10,14H,1-5H3,(H,21,23,25)/t14-/m1/s1. The number of rotatable bonds is 5. The topological polar surface area (TPSA) is 86.1 Å². The average molecular weight is 398 g/mol. The van der Waals surface area contributed by atoms with Crippen molar-refractivity contribution in [3.63, 3.8) is 0 Å². The minimum Gasteiger partial charge on any atom is -0.483 e. The normalized spacial score (nSPS) is 11.9. The summed E-state index contributed by atoms with van der Waals surface area (Å²) in [6.07, 6.45) is -0.323. The minimum atomic E-state index is -0.508. The Morgan fingerprint density at radius 2 is 1.93 bits per heavy atom. The first kappa shape index (κ1) is 19.8. The molecule has 3 aromatic rings. The van der Waals surface area contributed by atoms with Crippen molar-refractivity contribution in [1.82, 2.24) is 14.8 Å². The first-order chi connectivity index (χ1) is 13.3. The molecule has 0 bridgehead atoms. The summed E-state index contributed by atoms with van der Waals surface area (Å²) in [5, 5.41) is 11.7. The molecule has 0 aliphatic carbocycles. The van der Waals surface area contributed by atoms with Crippen molar-refractivity contribution in [1.29, 1.82) is 0 Å². The van der Waals surface area contributed by atoms with Gasteiger partial charge in [-0.2, -0.15) is 0 Å². The number of anilines is 1. The highest BCUT2D eigenvalue weighted by Crippen LogP contribution is 2.29. The van der Waals surface area contributed by atoms with Crippen LogP contribution in [0.15, 0.2) is 35.1 Å². The van der Waals surface area contributed by atoms with Crippen molar-refractivity contribution in [2.24, 2.45) is 7.05 Å². The van der Waals surface area contributed by atoms with E-state index in [0.717, 1.165) is 22.6 Å². The smallest absolute Gasteiger partial charge is 0.263 e. The largest absolute Gasteiger partial charge is 0.483 e. The lowest BCUT2D eigenvalue weighted by atomic mass is 10.1. The predicted octanol–water partition coefficient (Wildman–Crippen LogP) is 3.55. The highest BCUT2D eigenvalue weighted by Gasteiger charge is 2.18. The number of hydrogen-bond acceptors (Lipinski definition) is 6. The van der Waals surface area contributed by atoms with Crippen molar-refractivity contribution in [2.75, 3.05) is 5.32 Å². The van der Waals surface area contributed by atoms with Crippen molar-refractivity contribution >= 4 is 22.4 Å². The molecular formula is C20H22N4O3S. The van der Waals surface area contributed by atoms with Gasteiger partial charge in [0, 0.05) is 12.7 Å². The van der Waals surface area contributed by atoms with Crippen LogP contribution < -0.4 is 15.6 Å². The highest BCUT2D eigenvalue weighted by molar-refractivity contribution is 7.15. The number of nitrogens with one attached hydrogen (secondary N) is 1. The predicted molar refractivity (Wildman–Crippen MR) is 109 cm³/mol. The number of ether oxygens (including phenoxy) is 1. The van der Waals surface area contributed by atoms with Crippen molar-refractivity contribution in [3.05, 3.63) is 68.1 Å². The lowest BCUT2D eigenvalue weighted by molar-refractivity contribution is 0.102. The number of carbonyl (C=O) groups is 1. The minimum absolute atomic E-state index is 0.0598. The van der Waals surface area contributed by atoms with Crippen LogP contribution in [0.1, 0.15) is 45.2 Å². The van der Waals surface area contributed by atoms with E-state index in [2.05, 4.69) is 15.5 Å². The Morgan fingerprint density at radius 1 is 1.18 bits per heavy atom. The second kappa shape index (κ2) is 7.93. The van der Waals surface area contributed by atoms with E-state index < -0.39 is 5.91 Å². The fourth-order valence-corrected chi connectivity index (χ4v) is 3.33. The summed E-state index contributed by atoms with van der Waals surface area (Å²) in [5.41, 5.74) is 2.70. The molecule has 0 aliphatic rings. The van der Waals surface area contributed by atoms with Gasteiger partial charge in [0.2, 0.25) is 5.13 Å². The molecule has 1 aromatic carbocycles. The first-order valence-corrected chi connectivity index (χ1v) is 9.64. The number of amides is 1. The Morgan fingerprint density at radius 3 is 2.68 bits per heavy atom. The first-order valence-electron chi connectivity index (χ1n) is 8.82. The van der Waals surface area contributed by atoms with Gasteiger partial charge in [0.1, 0.15) is 17.4 Å². The van der Waals surface area contributed by atoms with E-state index in [1.807, 2.05) is 39.0 Å². The molecule has 1 amide bonds. The zero-order valence-corrected chi connectivity index (χ0v) is 17.3. The molecule has 0 saturated heterocycles. The summed E-state index contributed by atoms with van der Waals surface area (Å²) in [6, 6.07) is 9.12. The quantitative estimate of drug-likeness (QED) is 0.710. The summed E-state index contributed by atoms with van der Waals surface area (Å²) in [6.45, 7) is 7.72. The zero-order valence-electron chi connectivity index (χ0n) is 16.4. The fraction of sp³-hybridized carbons (Fsp3) is 0.300. The van der Waals surface area contributed by atoms with Crippen LogP contribution >= 0.6 is 11.3 Å². The van der Waals surface area contributed by atoms with Gasteiger partial charge in [-0.25, -0.2) is 0 Å². The van der Waals surface area contributed by atoms with Gasteiger partial charge in [-0.15, -0.1) is 10.2 Å². The fourth-order valence-electron chi connectivity index (χ4n) is 2.61. The van der Waals surface area contributed by atoms with Crippen LogP contribution in [0.5, 0.6) is 5.75 Å². The number of hydrogen-bond donors (Lipinski definition) is 1. The maximum absolute atomic E-state index is 12.4. The molecule has 2 heterocycles. The number of aryl methyl sites for hydroxylation is 2. The van der Waals surface area contributed by atoms with Crippen molar-refractivity contribution in [2.45, 2.75) is 33.8 Å². The molecule has 0 saturated carbocycles. The molecule has 0 fully saturated rings. The van der Waals surface area contributed by atoms with Crippen LogP contribution in [0.2, 0.25) is 0 Å². The average Bonchev–Trinajstić information content (AvgIpc) is 3.12. The molecular weight excluding hydrogens is 376 g/mol. The molecule has 0 radical (unpaired) electrons. The molecule has 146 valence electrons. The van der Waals surface area contributed by atoms with E-state index in [9.17, 15) is 9.59 Å². The highest BCUT2D eigenvalue weighted by atomic mass is 32.1. The third-order valence-corrected chi connectivity index (χ3v) is 5.67. The van der Waals surface area contributed by atoms with Crippen LogP contribution in [0, 0.1) is 20.8 Å². The van der Waals surface area contributed by atoms with Crippen molar-refractivity contribution in [3.8, 4) is 5.75 Å². The van der Waals surface area contributed by atoms with Crippen LogP contribution in [0.25, 0.3) is 0 Å². The number of carbonyl (C=O) groups excluding carboxylic acids is 1. The Bertz CT molecular complexity index is 1090. The molecule has 7 nitrogen and oxygen atoms in total. The van der Waals surface area contributed by atoms with E-state index in [0.29, 0.717) is 10.1 Å². The third-order valence-electron chi connectivity index (χ3n) is 4.67. The van der Waals surface area contributed by atoms with Gasteiger partial charge in [0.15, 0.2) is 5.01 Å². The van der Waals surface area contributed by atoms with Crippen LogP contribution in [-0.2, 0) is 7.05 Å². The van der Waals surface area contributed by atoms with E-state index in [1.54, 1.807) is 20.0 Å². The van der Waals surface area contributed by atoms with E-state index in [4.69, 9.17) is 4.74 Å². The van der Waals surface area contributed by atoms with Gasteiger partial charge in [0.05, 0.1) is 0 Å². The van der Waals surface area contributed by atoms with Gasteiger partial charge in [-0.3, -0.25) is 14.9 Å². The molecule has 8 heteroatoms. The van der Waals surface area contributed by atoms with Crippen LogP contribution in [0.4, 0.5) is 5.13 Å². The Kier molecular flexibility index (Phi) is 5.60.